The molecule has 0 aliphatic carbocycles. The standard InChI is InChI=1S/C52H35NO/c1-2-15-38(16-3-1)44-22-6-9-28-49(44)53(50-29-10-7-23-45(50)47-26-14-27-48-46-24-8-11-30-51(46)54-52(47)48)41-33-31-36(32-34-41)39-19-12-20-40(35-39)43-25-13-18-37-17-4-5-21-42(37)43/h1-35H. The van der Waals surface area contributed by atoms with Crippen LogP contribution in [-0.2, 0) is 0 Å². The molecule has 9 aromatic carbocycles. The Bertz CT molecular complexity index is 2930. The minimum atomic E-state index is 0.892. The van der Waals surface area contributed by atoms with Crippen LogP contribution in [0.2, 0.25) is 0 Å². The van der Waals surface area contributed by atoms with Crippen molar-refractivity contribution in [1.29, 1.82) is 0 Å². The van der Waals surface area contributed by atoms with Crippen molar-refractivity contribution in [3.05, 3.63) is 212 Å². The maximum Gasteiger partial charge on any atom is 0.143 e. The van der Waals surface area contributed by atoms with Crippen molar-refractivity contribution in [3.63, 3.8) is 0 Å². The second-order valence-electron chi connectivity index (χ2n) is 13.7. The van der Waals surface area contributed by atoms with E-state index < -0.39 is 0 Å². The molecule has 0 saturated carbocycles. The van der Waals surface area contributed by atoms with Crippen molar-refractivity contribution in [2.45, 2.75) is 0 Å². The topological polar surface area (TPSA) is 16.4 Å². The molecule has 0 atom stereocenters. The van der Waals surface area contributed by atoms with E-state index in [0.29, 0.717) is 0 Å². The molecule has 0 radical (unpaired) electrons. The number of para-hydroxylation sites is 4. The molecule has 2 heteroatoms. The summed E-state index contributed by atoms with van der Waals surface area (Å²) in [6.07, 6.45) is 0. The van der Waals surface area contributed by atoms with Gasteiger partial charge in [0, 0.05) is 33.2 Å². The molecule has 254 valence electrons. The summed E-state index contributed by atoms with van der Waals surface area (Å²) in [5, 5.41) is 4.75. The third-order valence-electron chi connectivity index (χ3n) is 10.5. The van der Waals surface area contributed by atoms with E-state index in [1.165, 1.54) is 27.5 Å². The van der Waals surface area contributed by atoms with E-state index in [1.807, 2.05) is 12.1 Å². The van der Waals surface area contributed by atoms with Crippen molar-refractivity contribution in [2.75, 3.05) is 4.90 Å². The minimum absolute atomic E-state index is 0.892. The molecule has 2 nitrogen and oxygen atoms in total. The highest BCUT2D eigenvalue weighted by Crippen LogP contribution is 2.47. The molecule has 0 unspecified atom stereocenters. The van der Waals surface area contributed by atoms with Gasteiger partial charge in [-0.05, 0) is 75.0 Å². The summed E-state index contributed by atoms with van der Waals surface area (Å²) in [7, 11) is 0. The number of anilines is 3. The Kier molecular flexibility index (Phi) is 7.85. The first-order valence-corrected chi connectivity index (χ1v) is 18.4. The van der Waals surface area contributed by atoms with Gasteiger partial charge in [-0.25, -0.2) is 0 Å². The van der Waals surface area contributed by atoms with E-state index in [9.17, 15) is 0 Å². The highest BCUT2D eigenvalue weighted by molar-refractivity contribution is 6.11. The molecule has 0 N–H and O–H groups in total. The Morgan fingerprint density at radius 2 is 0.870 bits per heavy atom. The van der Waals surface area contributed by atoms with Crippen LogP contribution in [0, 0.1) is 0 Å². The Morgan fingerprint density at radius 1 is 0.315 bits per heavy atom. The molecule has 1 aromatic heterocycles. The molecule has 0 bridgehead atoms. The fourth-order valence-corrected chi connectivity index (χ4v) is 7.94. The summed E-state index contributed by atoms with van der Waals surface area (Å²) in [6, 6.07) is 75.8. The Hall–Kier alpha value is -7.16. The van der Waals surface area contributed by atoms with Crippen LogP contribution in [0.5, 0.6) is 0 Å². The molecule has 0 aliphatic heterocycles. The van der Waals surface area contributed by atoms with E-state index >= 15 is 0 Å². The van der Waals surface area contributed by atoms with E-state index in [0.717, 1.165) is 66.8 Å². The average molecular weight is 690 g/mol. The normalized spacial score (nSPS) is 11.3. The minimum Gasteiger partial charge on any atom is -0.455 e. The first-order valence-electron chi connectivity index (χ1n) is 18.4. The molecular weight excluding hydrogens is 655 g/mol. The molecule has 1 heterocycles. The third kappa shape index (κ3) is 5.53. The Balaban J connectivity index is 1.13. The number of nitrogens with zero attached hydrogens (tertiary/aromatic N) is 1. The molecule has 10 aromatic rings. The number of rotatable bonds is 7. The average Bonchev–Trinajstić information content (AvgIpc) is 3.64. The molecular formula is C52H35NO. The van der Waals surface area contributed by atoms with Gasteiger partial charge >= 0.3 is 0 Å². The number of furan rings is 1. The van der Waals surface area contributed by atoms with Gasteiger partial charge in [0.2, 0.25) is 0 Å². The van der Waals surface area contributed by atoms with Gasteiger partial charge in [0.25, 0.3) is 0 Å². The van der Waals surface area contributed by atoms with Crippen LogP contribution in [0.3, 0.4) is 0 Å². The van der Waals surface area contributed by atoms with Crippen molar-refractivity contribution in [3.8, 4) is 44.5 Å². The maximum atomic E-state index is 6.59. The van der Waals surface area contributed by atoms with E-state index in [2.05, 4.69) is 205 Å². The summed E-state index contributed by atoms with van der Waals surface area (Å²) in [5.41, 5.74) is 14.3. The van der Waals surface area contributed by atoms with E-state index in [4.69, 9.17) is 4.42 Å². The van der Waals surface area contributed by atoms with Crippen molar-refractivity contribution < 1.29 is 4.42 Å². The van der Waals surface area contributed by atoms with Gasteiger partial charge in [-0.3, -0.25) is 0 Å². The molecule has 10 rings (SSSR count). The van der Waals surface area contributed by atoms with Gasteiger partial charge in [0.05, 0.1) is 11.4 Å². The van der Waals surface area contributed by atoms with Crippen molar-refractivity contribution in [2.24, 2.45) is 0 Å². The predicted molar refractivity (Wildman–Crippen MR) is 228 cm³/mol. The van der Waals surface area contributed by atoms with Crippen LogP contribution < -0.4 is 4.90 Å². The van der Waals surface area contributed by atoms with Crippen LogP contribution in [-0.4, -0.2) is 0 Å². The van der Waals surface area contributed by atoms with Gasteiger partial charge in [0.15, 0.2) is 0 Å². The smallest absolute Gasteiger partial charge is 0.143 e. The summed E-state index contributed by atoms with van der Waals surface area (Å²) < 4.78 is 6.59. The maximum absolute atomic E-state index is 6.59. The van der Waals surface area contributed by atoms with E-state index in [1.54, 1.807) is 0 Å². The van der Waals surface area contributed by atoms with Crippen molar-refractivity contribution >= 4 is 49.8 Å². The largest absolute Gasteiger partial charge is 0.455 e. The fourth-order valence-electron chi connectivity index (χ4n) is 7.94. The summed E-state index contributed by atoms with van der Waals surface area (Å²) in [4.78, 5) is 2.40. The zero-order valence-electron chi connectivity index (χ0n) is 29.6. The van der Waals surface area contributed by atoms with E-state index in [-0.39, 0.29) is 0 Å². The number of hydrogen-bond donors (Lipinski definition) is 0. The lowest BCUT2D eigenvalue weighted by Crippen LogP contribution is -2.12. The second kappa shape index (κ2) is 13.4. The van der Waals surface area contributed by atoms with Crippen LogP contribution >= 0.6 is 0 Å². The Labute approximate surface area is 314 Å². The number of benzene rings is 9. The van der Waals surface area contributed by atoms with Crippen LogP contribution in [0.15, 0.2) is 217 Å². The monoisotopic (exact) mass is 689 g/mol. The molecule has 54 heavy (non-hydrogen) atoms. The first-order chi connectivity index (χ1) is 26.8. The Morgan fingerprint density at radius 3 is 1.72 bits per heavy atom. The fraction of sp³-hybridized carbons (Fsp3) is 0. The molecule has 0 fully saturated rings. The third-order valence-corrected chi connectivity index (χ3v) is 10.5. The lowest BCUT2D eigenvalue weighted by Gasteiger charge is -2.30. The van der Waals surface area contributed by atoms with Gasteiger partial charge in [0.1, 0.15) is 11.2 Å². The lowest BCUT2D eigenvalue weighted by molar-refractivity contribution is 0.670. The quantitative estimate of drug-likeness (QED) is 0.166. The van der Waals surface area contributed by atoms with Crippen molar-refractivity contribution in [1.82, 2.24) is 0 Å². The zero-order valence-corrected chi connectivity index (χ0v) is 29.6. The van der Waals surface area contributed by atoms with Crippen LogP contribution in [0.25, 0.3) is 77.2 Å². The van der Waals surface area contributed by atoms with Gasteiger partial charge < -0.3 is 9.32 Å². The lowest BCUT2D eigenvalue weighted by atomic mass is 9.95. The number of hydrogen-bond acceptors (Lipinski definition) is 2. The predicted octanol–water partition coefficient (Wildman–Crippen LogP) is 14.9. The zero-order chi connectivity index (χ0) is 35.8. The molecule has 0 spiro atoms. The summed E-state index contributed by atoms with van der Waals surface area (Å²) >= 11 is 0. The first kappa shape index (κ1) is 31.6. The van der Waals surface area contributed by atoms with Crippen LogP contribution in [0.1, 0.15) is 0 Å². The number of fused-ring (bicyclic) bond motifs is 4. The van der Waals surface area contributed by atoms with Crippen LogP contribution in [0.4, 0.5) is 17.1 Å². The highest BCUT2D eigenvalue weighted by Gasteiger charge is 2.22. The molecule has 0 aliphatic rings. The summed E-state index contributed by atoms with van der Waals surface area (Å²) in [5.74, 6) is 0. The second-order valence-corrected chi connectivity index (χ2v) is 13.7. The molecule has 0 saturated heterocycles. The molecule has 0 amide bonds. The highest BCUT2D eigenvalue weighted by atomic mass is 16.3. The van der Waals surface area contributed by atoms with Gasteiger partial charge in [-0.1, -0.05) is 176 Å². The van der Waals surface area contributed by atoms with Gasteiger partial charge in [-0.2, -0.15) is 0 Å². The van der Waals surface area contributed by atoms with Gasteiger partial charge in [-0.15, -0.1) is 0 Å². The SMILES string of the molecule is c1ccc(-c2ccccc2N(c2ccc(-c3cccc(-c4cccc5ccccc45)c3)cc2)c2ccccc2-c2cccc3c2oc2ccccc23)cc1. The summed E-state index contributed by atoms with van der Waals surface area (Å²) in [6.45, 7) is 0.